The van der Waals surface area contributed by atoms with Crippen molar-refractivity contribution < 1.29 is 0 Å². The lowest BCUT2D eigenvalue weighted by atomic mass is 9.88. The molecule has 0 aromatic carbocycles. The molecule has 0 heterocycles. The minimum Gasteiger partial charge on any atom is -0.0654 e. The van der Waals surface area contributed by atoms with Gasteiger partial charge in [0.25, 0.3) is 0 Å². The molecular weight excluding hydrogens is 180 g/mol. The third-order valence-corrected chi connectivity index (χ3v) is 5.37. The molecule has 2 rings (SSSR count). The number of hydrogen-bond donors (Lipinski definition) is 0. The molecule has 0 amide bonds. The molecule has 0 bridgehead atoms. The van der Waals surface area contributed by atoms with Gasteiger partial charge in [-0.05, 0) is 29.6 Å². The van der Waals surface area contributed by atoms with Crippen LogP contribution in [0.2, 0.25) is 0 Å². The molecule has 2 aliphatic rings. The van der Waals surface area contributed by atoms with Gasteiger partial charge in [-0.15, -0.1) is 0 Å². The van der Waals surface area contributed by atoms with Gasteiger partial charge >= 0.3 is 0 Å². The molecule has 2 aliphatic carbocycles. The van der Waals surface area contributed by atoms with Gasteiger partial charge < -0.3 is 0 Å². The van der Waals surface area contributed by atoms with Gasteiger partial charge in [0, 0.05) is 0 Å². The molecule has 2 saturated carbocycles. The van der Waals surface area contributed by atoms with Crippen LogP contribution in [0.25, 0.3) is 0 Å². The second-order valence-corrected chi connectivity index (χ2v) is 6.51. The van der Waals surface area contributed by atoms with Crippen molar-refractivity contribution in [3.05, 3.63) is 0 Å². The van der Waals surface area contributed by atoms with Crippen LogP contribution in [0.4, 0.5) is 0 Å². The predicted octanol–water partition coefficient (Wildman–Crippen LogP) is 5.17. The van der Waals surface area contributed by atoms with E-state index in [9.17, 15) is 0 Å². The summed E-state index contributed by atoms with van der Waals surface area (Å²) in [6.07, 6.45) is 13.4. The van der Waals surface area contributed by atoms with Gasteiger partial charge in [-0.1, -0.05) is 65.7 Å². The first-order chi connectivity index (χ1) is 7.15. The fraction of sp³-hybridized carbons (Fsp3) is 1.00. The predicted molar refractivity (Wildman–Crippen MR) is 66.9 cm³/mol. The SMILES string of the molecule is CCCCCCCCCC12CC1C2(C)C. The minimum absolute atomic E-state index is 0.745. The molecule has 2 fully saturated rings. The Bertz CT molecular complexity index is 216. The monoisotopic (exact) mass is 208 g/mol. The molecule has 0 heteroatoms. The van der Waals surface area contributed by atoms with Gasteiger partial charge in [0.15, 0.2) is 0 Å². The van der Waals surface area contributed by atoms with Gasteiger partial charge in [0.05, 0.1) is 0 Å². The Morgan fingerprint density at radius 2 is 1.47 bits per heavy atom. The summed E-state index contributed by atoms with van der Waals surface area (Å²) in [6, 6.07) is 0. The molecule has 15 heavy (non-hydrogen) atoms. The Kier molecular flexibility index (Phi) is 3.14. The van der Waals surface area contributed by atoms with Crippen molar-refractivity contribution in [2.45, 2.75) is 78.6 Å². The first-order valence-electron chi connectivity index (χ1n) is 7.15. The van der Waals surface area contributed by atoms with Crippen LogP contribution in [0.3, 0.4) is 0 Å². The molecule has 0 aromatic heterocycles. The first kappa shape index (κ1) is 11.5. The van der Waals surface area contributed by atoms with Crippen LogP contribution in [-0.2, 0) is 0 Å². The summed E-state index contributed by atoms with van der Waals surface area (Å²) >= 11 is 0. The Morgan fingerprint density at radius 3 is 1.93 bits per heavy atom. The fourth-order valence-electron chi connectivity index (χ4n) is 3.75. The third-order valence-electron chi connectivity index (χ3n) is 5.37. The summed E-state index contributed by atoms with van der Waals surface area (Å²) in [5.41, 5.74) is 1.60. The Labute approximate surface area is 95.8 Å². The Hall–Kier alpha value is 0. The minimum atomic E-state index is 0.745. The molecule has 0 aromatic rings. The zero-order valence-corrected chi connectivity index (χ0v) is 10.9. The van der Waals surface area contributed by atoms with E-state index in [-0.39, 0.29) is 0 Å². The van der Waals surface area contributed by atoms with Crippen LogP contribution in [0.5, 0.6) is 0 Å². The largest absolute Gasteiger partial charge is 0.0654 e. The maximum absolute atomic E-state index is 2.47. The van der Waals surface area contributed by atoms with E-state index >= 15 is 0 Å². The molecule has 0 saturated heterocycles. The topological polar surface area (TPSA) is 0 Å². The van der Waals surface area contributed by atoms with E-state index in [0.29, 0.717) is 0 Å². The summed E-state index contributed by atoms with van der Waals surface area (Å²) in [4.78, 5) is 0. The number of hydrogen-bond acceptors (Lipinski definition) is 0. The quantitative estimate of drug-likeness (QED) is 0.482. The molecule has 0 aliphatic heterocycles. The van der Waals surface area contributed by atoms with Gasteiger partial charge in [-0.25, -0.2) is 0 Å². The fourth-order valence-corrected chi connectivity index (χ4v) is 3.75. The molecule has 2 unspecified atom stereocenters. The summed E-state index contributed by atoms with van der Waals surface area (Å²) < 4.78 is 0. The van der Waals surface area contributed by atoms with Gasteiger partial charge in [-0.3, -0.25) is 0 Å². The molecule has 88 valence electrons. The number of rotatable bonds is 8. The molecule has 0 nitrogen and oxygen atoms in total. The molecule has 0 spiro atoms. The van der Waals surface area contributed by atoms with Crippen LogP contribution < -0.4 is 0 Å². The average molecular weight is 208 g/mol. The zero-order valence-electron chi connectivity index (χ0n) is 10.9. The summed E-state index contributed by atoms with van der Waals surface area (Å²) in [6.45, 7) is 7.24. The number of fused-ring (bicyclic) bond motifs is 1. The molecule has 0 radical (unpaired) electrons. The standard InChI is InChI=1S/C15H28/c1-4-5-6-7-8-9-10-11-15-12-13(15)14(15,2)3/h13H,4-12H2,1-3H3. The zero-order chi connectivity index (χ0) is 10.9. The molecule has 2 atom stereocenters. The van der Waals surface area contributed by atoms with Crippen LogP contribution in [0.15, 0.2) is 0 Å². The second-order valence-electron chi connectivity index (χ2n) is 6.51. The molecular formula is C15H28. The van der Waals surface area contributed by atoms with Gasteiger partial charge in [0.2, 0.25) is 0 Å². The van der Waals surface area contributed by atoms with Crippen molar-refractivity contribution in [3.63, 3.8) is 0 Å². The van der Waals surface area contributed by atoms with Crippen LogP contribution >= 0.6 is 0 Å². The van der Waals surface area contributed by atoms with Crippen molar-refractivity contribution in [3.8, 4) is 0 Å². The van der Waals surface area contributed by atoms with Gasteiger partial charge in [-0.2, -0.15) is 0 Å². The highest BCUT2D eigenvalue weighted by atomic mass is 14.9. The van der Waals surface area contributed by atoms with Crippen molar-refractivity contribution >= 4 is 0 Å². The van der Waals surface area contributed by atoms with E-state index in [4.69, 9.17) is 0 Å². The smallest absolute Gasteiger partial charge is 0.0207 e. The lowest BCUT2D eigenvalue weighted by molar-refractivity contribution is 0.335. The molecule has 0 N–H and O–H groups in total. The average Bonchev–Trinajstić information content (AvgIpc) is 3.04. The van der Waals surface area contributed by atoms with E-state index in [1.54, 1.807) is 12.8 Å². The van der Waals surface area contributed by atoms with Gasteiger partial charge in [0.1, 0.15) is 0 Å². The summed E-state index contributed by atoms with van der Waals surface area (Å²) in [7, 11) is 0. The summed E-state index contributed by atoms with van der Waals surface area (Å²) in [5, 5.41) is 0. The van der Waals surface area contributed by atoms with Crippen LogP contribution in [0, 0.1) is 16.7 Å². The van der Waals surface area contributed by atoms with Crippen molar-refractivity contribution in [1.29, 1.82) is 0 Å². The maximum atomic E-state index is 2.47. The third kappa shape index (κ3) is 1.97. The lowest BCUT2D eigenvalue weighted by Gasteiger charge is -2.16. The van der Waals surface area contributed by atoms with E-state index in [0.717, 1.165) is 16.7 Å². The van der Waals surface area contributed by atoms with Crippen LogP contribution in [0.1, 0.15) is 78.6 Å². The Balaban J connectivity index is 1.44. The highest BCUT2D eigenvalue weighted by Gasteiger charge is 2.82. The second kappa shape index (κ2) is 4.11. The number of unbranched alkanes of at least 4 members (excludes halogenated alkanes) is 6. The van der Waals surface area contributed by atoms with E-state index in [1.165, 1.54) is 44.9 Å². The normalized spacial score (nSPS) is 35.0. The highest BCUT2D eigenvalue weighted by molar-refractivity contribution is 5.30. The van der Waals surface area contributed by atoms with E-state index in [1.807, 2.05) is 0 Å². The van der Waals surface area contributed by atoms with E-state index in [2.05, 4.69) is 20.8 Å². The highest BCUT2D eigenvalue weighted by Crippen LogP contribution is 2.89. The lowest BCUT2D eigenvalue weighted by Crippen LogP contribution is -2.07. The van der Waals surface area contributed by atoms with Crippen LogP contribution in [-0.4, -0.2) is 0 Å². The summed E-state index contributed by atoms with van der Waals surface area (Å²) in [5.74, 6) is 1.13. The van der Waals surface area contributed by atoms with E-state index < -0.39 is 0 Å². The maximum Gasteiger partial charge on any atom is -0.0207 e. The Morgan fingerprint density at radius 1 is 0.933 bits per heavy atom. The van der Waals surface area contributed by atoms with Crippen molar-refractivity contribution in [1.82, 2.24) is 0 Å². The first-order valence-corrected chi connectivity index (χ1v) is 7.15. The van der Waals surface area contributed by atoms with Crippen molar-refractivity contribution in [2.75, 3.05) is 0 Å². The van der Waals surface area contributed by atoms with Crippen molar-refractivity contribution in [2.24, 2.45) is 16.7 Å².